The summed E-state index contributed by atoms with van der Waals surface area (Å²) in [7, 11) is 0. The summed E-state index contributed by atoms with van der Waals surface area (Å²) < 4.78 is 18.0. The molecule has 2 nitrogen and oxygen atoms in total. The highest BCUT2D eigenvalue weighted by atomic mass is 79.9. The van der Waals surface area contributed by atoms with Gasteiger partial charge in [0.25, 0.3) is 0 Å². The molecule has 5 rings (SSSR count). The zero-order valence-electron chi connectivity index (χ0n) is 15.8. The molecule has 0 unspecified atom stereocenters. The van der Waals surface area contributed by atoms with Crippen molar-refractivity contribution in [2.75, 3.05) is 0 Å². The number of pyridine rings is 1. The van der Waals surface area contributed by atoms with Gasteiger partial charge in [0.05, 0.1) is 6.54 Å². The van der Waals surface area contributed by atoms with Crippen molar-refractivity contribution in [1.82, 2.24) is 4.57 Å². The minimum absolute atomic E-state index is 0. The van der Waals surface area contributed by atoms with Crippen LogP contribution in [0.5, 0.6) is 0 Å². The van der Waals surface area contributed by atoms with Gasteiger partial charge in [-0.3, -0.25) is 0 Å². The maximum Gasteiger partial charge on any atom is 0.174 e. The molecule has 2 heterocycles. The van der Waals surface area contributed by atoms with Crippen LogP contribution in [0.2, 0.25) is 0 Å². The molecule has 5 aromatic rings. The summed E-state index contributed by atoms with van der Waals surface area (Å²) >= 11 is 0. The highest BCUT2D eigenvalue weighted by Gasteiger charge is 2.12. The Labute approximate surface area is 179 Å². The average Bonchev–Trinajstić information content (AvgIpc) is 3.03. The van der Waals surface area contributed by atoms with Crippen molar-refractivity contribution in [2.45, 2.75) is 13.1 Å². The molecule has 0 radical (unpaired) electrons. The molecule has 0 fully saturated rings. The Balaban J connectivity index is 0.00000205. The van der Waals surface area contributed by atoms with Crippen LogP contribution in [-0.4, -0.2) is 4.57 Å². The number of hydrogen-bond acceptors (Lipinski definition) is 0. The Morgan fingerprint density at radius 2 is 1.38 bits per heavy atom. The summed E-state index contributed by atoms with van der Waals surface area (Å²) in [5.74, 6) is -0.195. The molecule has 0 amide bonds. The van der Waals surface area contributed by atoms with Gasteiger partial charge in [0, 0.05) is 39.0 Å². The van der Waals surface area contributed by atoms with Crippen LogP contribution >= 0.6 is 0 Å². The van der Waals surface area contributed by atoms with Crippen molar-refractivity contribution in [2.24, 2.45) is 0 Å². The molecule has 3 aromatic carbocycles. The first-order chi connectivity index (χ1) is 13.8. The molecule has 29 heavy (non-hydrogen) atoms. The average molecular weight is 447 g/mol. The van der Waals surface area contributed by atoms with Crippen LogP contribution in [0, 0.1) is 5.82 Å². The van der Waals surface area contributed by atoms with Crippen LogP contribution in [0.3, 0.4) is 0 Å². The summed E-state index contributed by atoms with van der Waals surface area (Å²) in [5, 5.41) is 2.56. The molecule has 0 N–H and O–H groups in total. The van der Waals surface area contributed by atoms with Gasteiger partial charge in [-0.05, 0) is 30.3 Å². The fraction of sp³-hybridized carbons (Fsp3) is 0.0800. The maximum atomic E-state index is 13.5. The summed E-state index contributed by atoms with van der Waals surface area (Å²) in [6, 6.07) is 28.1. The summed E-state index contributed by atoms with van der Waals surface area (Å²) in [6.07, 6.45) is 4.18. The predicted octanol–water partition coefficient (Wildman–Crippen LogP) is 2.32. The zero-order chi connectivity index (χ0) is 18.9. The molecule has 0 atom stereocenters. The molecule has 0 saturated carbocycles. The quantitative estimate of drug-likeness (QED) is 0.374. The van der Waals surface area contributed by atoms with Crippen molar-refractivity contribution < 1.29 is 25.9 Å². The number of halogens is 2. The second-order valence-corrected chi connectivity index (χ2v) is 7.13. The Morgan fingerprint density at radius 3 is 2.07 bits per heavy atom. The third kappa shape index (κ3) is 3.81. The Hall–Kier alpha value is -2.98. The zero-order valence-corrected chi connectivity index (χ0v) is 17.4. The lowest BCUT2D eigenvalue weighted by atomic mass is 10.2. The molecule has 0 aliphatic rings. The van der Waals surface area contributed by atoms with Gasteiger partial charge in [-0.1, -0.05) is 48.5 Å². The van der Waals surface area contributed by atoms with Crippen LogP contribution in [0.15, 0.2) is 97.3 Å². The molecule has 0 saturated heterocycles. The van der Waals surface area contributed by atoms with Gasteiger partial charge < -0.3 is 21.5 Å². The number of benzene rings is 3. The smallest absolute Gasteiger partial charge is 0.174 e. The van der Waals surface area contributed by atoms with E-state index in [4.69, 9.17) is 0 Å². The fourth-order valence-electron chi connectivity index (χ4n) is 3.97. The SMILES string of the molecule is Fc1cccc(C[n+]2cccc(Cn3c4ccccc4c4ccccc43)c2)c1.[Br-]. The summed E-state index contributed by atoms with van der Waals surface area (Å²) in [6.45, 7) is 1.44. The van der Waals surface area contributed by atoms with Crippen molar-refractivity contribution in [1.29, 1.82) is 0 Å². The maximum absolute atomic E-state index is 13.5. The minimum atomic E-state index is -0.195. The van der Waals surface area contributed by atoms with Gasteiger partial charge >= 0.3 is 0 Å². The molecular formula is C25H20BrFN2. The van der Waals surface area contributed by atoms with Crippen LogP contribution in [0.1, 0.15) is 11.1 Å². The second-order valence-electron chi connectivity index (χ2n) is 7.13. The molecular weight excluding hydrogens is 427 g/mol. The Kier molecular flexibility index (Phi) is 5.45. The Bertz CT molecular complexity index is 1240. The van der Waals surface area contributed by atoms with Crippen LogP contribution in [-0.2, 0) is 13.1 Å². The van der Waals surface area contributed by atoms with E-state index in [1.54, 1.807) is 12.1 Å². The number of para-hydroxylation sites is 2. The van der Waals surface area contributed by atoms with Crippen molar-refractivity contribution >= 4 is 21.8 Å². The predicted molar refractivity (Wildman–Crippen MR) is 111 cm³/mol. The first-order valence-corrected chi connectivity index (χ1v) is 9.46. The molecule has 0 aliphatic heterocycles. The second kappa shape index (κ2) is 8.18. The first kappa shape index (κ1) is 19.3. The van der Waals surface area contributed by atoms with E-state index in [0.29, 0.717) is 6.54 Å². The van der Waals surface area contributed by atoms with E-state index in [9.17, 15) is 4.39 Å². The third-order valence-electron chi connectivity index (χ3n) is 5.19. The lowest BCUT2D eigenvalue weighted by Gasteiger charge is -2.07. The number of nitrogens with zero attached hydrogens (tertiary/aromatic N) is 2. The third-order valence-corrected chi connectivity index (χ3v) is 5.19. The van der Waals surface area contributed by atoms with E-state index in [2.05, 4.69) is 76.0 Å². The van der Waals surface area contributed by atoms with Gasteiger partial charge in [-0.25, -0.2) is 8.96 Å². The fourth-order valence-corrected chi connectivity index (χ4v) is 3.97. The minimum Gasteiger partial charge on any atom is -1.00 e. The number of hydrogen-bond donors (Lipinski definition) is 0. The molecule has 0 aliphatic carbocycles. The van der Waals surface area contributed by atoms with E-state index in [1.807, 2.05) is 12.3 Å². The van der Waals surface area contributed by atoms with E-state index >= 15 is 0 Å². The molecule has 0 spiro atoms. The molecule has 4 heteroatoms. The van der Waals surface area contributed by atoms with Crippen molar-refractivity contribution in [3.63, 3.8) is 0 Å². The van der Waals surface area contributed by atoms with E-state index in [1.165, 1.54) is 33.4 Å². The number of aromatic nitrogens is 2. The van der Waals surface area contributed by atoms with Gasteiger partial charge in [-0.15, -0.1) is 0 Å². The molecule has 2 aromatic heterocycles. The summed E-state index contributed by atoms with van der Waals surface area (Å²) in [4.78, 5) is 0. The number of rotatable bonds is 4. The van der Waals surface area contributed by atoms with E-state index < -0.39 is 0 Å². The monoisotopic (exact) mass is 446 g/mol. The normalized spacial score (nSPS) is 10.9. The van der Waals surface area contributed by atoms with Crippen LogP contribution < -0.4 is 21.5 Å². The number of fused-ring (bicyclic) bond motifs is 3. The summed E-state index contributed by atoms with van der Waals surface area (Å²) in [5.41, 5.74) is 4.65. The Morgan fingerprint density at radius 1 is 0.724 bits per heavy atom. The van der Waals surface area contributed by atoms with E-state index in [-0.39, 0.29) is 22.8 Å². The largest absolute Gasteiger partial charge is 1.00 e. The van der Waals surface area contributed by atoms with Crippen LogP contribution in [0.4, 0.5) is 4.39 Å². The van der Waals surface area contributed by atoms with Gasteiger partial charge in [0.2, 0.25) is 0 Å². The highest BCUT2D eigenvalue weighted by molar-refractivity contribution is 6.08. The van der Waals surface area contributed by atoms with Crippen molar-refractivity contribution in [3.05, 3.63) is 114 Å². The van der Waals surface area contributed by atoms with Gasteiger partial charge in [-0.2, -0.15) is 0 Å². The van der Waals surface area contributed by atoms with E-state index in [0.717, 1.165) is 12.1 Å². The molecule has 0 bridgehead atoms. The van der Waals surface area contributed by atoms with Crippen LogP contribution in [0.25, 0.3) is 21.8 Å². The van der Waals surface area contributed by atoms with Gasteiger partial charge in [0.1, 0.15) is 5.82 Å². The lowest BCUT2D eigenvalue weighted by molar-refractivity contribution is -0.688. The topological polar surface area (TPSA) is 8.81 Å². The highest BCUT2D eigenvalue weighted by Crippen LogP contribution is 2.29. The van der Waals surface area contributed by atoms with Gasteiger partial charge in [0.15, 0.2) is 18.9 Å². The standard InChI is InChI=1S/C25H20FN2.BrH/c26-21-9-5-7-19(15-21)16-27-14-6-8-20(17-27)18-28-24-12-3-1-10-22(24)23-11-2-4-13-25(23)28;/h1-15,17H,16,18H2;1H/q+1;/p-1. The first-order valence-electron chi connectivity index (χ1n) is 9.46. The van der Waals surface area contributed by atoms with Crippen molar-refractivity contribution in [3.8, 4) is 0 Å². The molecule has 144 valence electrons. The lowest BCUT2D eigenvalue weighted by Crippen LogP contribution is -3.00.